The van der Waals surface area contributed by atoms with E-state index < -0.39 is 22.0 Å². The molecule has 26 heavy (non-hydrogen) atoms. The summed E-state index contributed by atoms with van der Waals surface area (Å²) in [7, 11) is -4.29. The summed E-state index contributed by atoms with van der Waals surface area (Å²) in [4.78, 5) is 14.3. The van der Waals surface area contributed by atoms with Gasteiger partial charge in [-0.15, -0.1) is 0 Å². The van der Waals surface area contributed by atoms with Crippen LogP contribution in [0, 0.1) is 0 Å². The van der Waals surface area contributed by atoms with Gasteiger partial charge in [0.25, 0.3) is 15.9 Å². The lowest BCUT2D eigenvalue weighted by Crippen LogP contribution is -2.39. The van der Waals surface area contributed by atoms with Gasteiger partial charge in [-0.2, -0.15) is 8.42 Å². The molecule has 150 valence electrons. The summed E-state index contributed by atoms with van der Waals surface area (Å²) in [5.41, 5.74) is 0. The van der Waals surface area contributed by atoms with E-state index in [0.717, 1.165) is 25.7 Å². The number of rotatable bonds is 13. The first-order chi connectivity index (χ1) is 12.3. The second-order valence-electron chi connectivity index (χ2n) is 6.50. The number of carbonyl (C=O) groups excluding carboxylic acids is 1. The third-order valence-electron chi connectivity index (χ3n) is 4.16. The van der Waals surface area contributed by atoms with Gasteiger partial charge in [0.2, 0.25) is 0 Å². The van der Waals surface area contributed by atoms with Gasteiger partial charge in [-0.3, -0.25) is 18.8 Å². The molecule has 0 saturated carbocycles. The molecular weight excluding hydrogens is 360 g/mol. The SMILES string of the molecule is CCCCCC/C=C/C(=O)C1=[N+](CC(O)CS(=O)(=O)O)CCN1CCO. The van der Waals surface area contributed by atoms with Crippen LogP contribution in [0.25, 0.3) is 0 Å². The molecule has 1 unspecified atom stereocenters. The second kappa shape index (κ2) is 11.4. The fourth-order valence-electron chi connectivity index (χ4n) is 2.99. The van der Waals surface area contributed by atoms with Crippen molar-refractivity contribution in [3.05, 3.63) is 12.2 Å². The van der Waals surface area contributed by atoms with Crippen LogP contribution < -0.4 is 0 Å². The highest BCUT2D eigenvalue weighted by molar-refractivity contribution is 7.85. The molecule has 1 rings (SSSR count). The molecular formula is C17H31N2O6S+. The van der Waals surface area contributed by atoms with Gasteiger partial charge in [-0.1, -0.05) is 32.3 Å². The lowest BCUT2D eigenvalue weighted by atomic mass is 10.1. The molecule has 1 atom stereocenters. The second-order valence-corrected chi connectivity index (χ2v) is 8.00. The quantitative estimate of drug-likeness (QED) is 0.176. The number of aliphatic hydroxyl groups is 2. The highest BCUT2D eigenvalue weighted by Crippen LogP contribution is 2.07. The number of β-amino-alcohol motifs (C(OH)–C–C–N with tert-alkyl or cyclic N) is 2. The Bertz CT molecular complexity index is 615. The Morgan fingerprint density at radius 3 is 2.69 bits per heavy atom. The lowest BCUT2D eigenvalue weighted by Gasteiger charge is -2.11. The van der Waals surface area contributed by atoms with Crippen molar-refractivity contribution in [3.63, 3.8) is 0 Å². The van der Waals surface area contributed by atoms with Crippen molar-refractivity contribution in [2.75, 3.05) is 38.5 Å². The average molecular weight is 392 g/mol. The van der Waals surface area contributed by atoms with Crippen LogP contribution in [-0.4, -0.2) is 88.9 Å². The zero-order valence-corrected chi connectivity index (χ0v) is 16.2. The standard InChI is InChI=1S/C17H30N2O6S/c1-2-3-4-5-6-7-8-16(22)17-18(11-12-20)9-10-19(17)13-15(21)14-26(23,24)25/h7-8,15,20-21H,2-6,9-14H2,1H3/p+1/b8-7+. The van der Waals surface area contributed by atoms with Crippen molar-refractivity contribution < 1.29 is 32.6 Å². The van der Waals surface area contributed by atoms with Crippen LogP contribution in [0.2, 0.25) is 0 Å². The number of hydrogen-bond acceptors (Lipinski definition) is 6. The largest absolute Gasteiger partial charge is 0.392 e. The lowest BCUT2D eigenvalue weighted by molar-refractivity contribution is -0.525. The Kier molecular flexibility index (Phi) is 10.0. The summed E-state index contributed by atoms with van der Waals surface area (Å²) >= 11 is 0. The molecule has 0 aromatic rings. The summed E-state index contributed by atoms with van der Waals surface area (Å²) < 4.78 is 32.2. The average Bonchev–Trinajstić information content (AvgIpc) is 2.91. The van der Waals surface area contributed by atoms with Crippen LogP contribution in [-0.2, 0) is 14.9 Å². The summed E-state index contributed by atoms with van der Waals surface area (Å²) in [6.45, 7) is 3.18. The Morgan fingerprint density at radius 2 is 2.08 bits per heavy atom. The van der Waals surface area contributed by atoms with Crippen LogP contribution in [0.4, 0.5) is 0 Å². The first-order valence-corrected chi connectivity index (χ1v) is 10.7. The van der Waals surface area contributed by atoms with Crippen molar-refractivity contribution in [1.82, 2.24) is 4.90 Å². The van der Waals surface area contributed by atoms with Gasteiger partial charge in [0.1, 0.15) is 38.0 Å². The van der Waals surface area contributed by atoms with E-state index in [0.29, 0.717) is 18.9 Å². The zero-order chi connectivity index (χ0) is 19.6. The van der Waals surface area contributed by atoms with Gasteiger partial charge in [0, 0.05) is 0 Å². The van der Waals surface area contributed by atoms with Crippen molar-refractivity contribution in [2.24, 2.45) is 0 Å². The van der Waals surface area contributed by atoms with E-state index in [1.807, 2.05) is 6.08 Å². The highest BCUT2D eigenvalue weighted by Gasteiger charge is 2.35. The molecule has 0 amide bonds. The Morgan fingerprint density at radius 1 is 1.35 bits per heavy atom. The fourth-order valence-corrected chi connectivity index (χ4v) is 3.58. The Balaban J connectivity index is 2.79. The topological polar surface area (TPSA) is 118 Å². The summed E-state index contributed by atoms with van der Waals surface area (Å²) in [6, 6.07) is 0. The first kappa shape index (κ1) is 22.8. The summed E-state index contributed by atoms with van der Waals surface area (Å²) in [5.74, 6) is -0.665. The molecule has 0 aromatic carbocycles. The number of allylic oxidation sites excluding steroid dienone is 1. The summed E-state index contributed by atoms with van der Waals surface area (Å²) in [5, 5.41) is 19.0. The molecule has 0 spiro atoms. The number of hydrogen-bond donors (Lipinski definition) is 3. The maximum Gasteiger partial charge on any atom is 0.320 e. The van der Waals surface area contributed by atoms with E-state index in [4.69, 9.17) is 4.55 Å². The van der Waals surface area contributed by atoms with Crippen LogP contribution in [0.15, 0.2) is 12.2 Å². The minimum atomic E-state index is -4.29. The van der Waals surface area contributed by atoms with Gasteiger partial charge in [-0.25, -0.2) is 0 Å². The van der Waals surface area contributed by atoms with Crippen LogP contribution in [0.3, 0.4) is 0 Å². The van der Waals surface area contributed by atoms with Gasteiger partial charge in [0.05, 0.1) is 6.61 Å². The van der Waals surface area contributed by atoms with Crippen molar-refractivity contribution in [2.45, 2.75) is 45.1 Å². The predicted molar refractivity (Wildman–Crippen MR) is 99.0 cm³/mol. The number of carbonyl (C=O) groups is 1. The maximum atomic E-state index is 12.6. The van der Waals surface area contributed by atoms with E-state index in [2.05, 4.69) is 6.92 Å². The minimum absolute atomic E-state index is 0.0763. The molecule has 0 radical (unpaired) electrons. The maximum absolute atomic E-state index is 12.6. The highest BCUT2D eigenvalue weighted by atomic mass is 32.2. The fraction of sp³-hybridized carbons (Fsp3) is 0.765. The normalized spacial score (nSPS) is 16.7. The molecule has 0 aromatic heterocycles. The van der Waals surface area contributed by atoms with Crippen molar-refractivity contribution in [1.29, 1.82) is 0 Å². The van der Waals surface area contributed by atoms with E-state index in [9.17, 15) is 23.4 Å². The van der Waals surface area contributed by atoms with E-state index >= 15 is 0 Å². The van der Waals surface area contributed by atoms with Gasteiger partial charge in [0.15, 0.2) is 0 Å². The molecule has 9 heteroatoms. The molecule has 0 aliphatic carbocycles. The molecule has 0 fully saturated rings. The van der Waals surface area contributed by atoms with Crippen molar-refractivity contribution >= 4 is 21.7 Å². The Labute approximate surface area is 155 Å². The van der Waals surface area contributed by atoms with Gasteiger partial charge in [-0.05, 0) is 18.9 Å². The summed E-state index contributed by atoms with van der Waals surface area (Å²) in [6.07, 6.45) is 7.29. The third-order valence-corrected chi connectivity index (χ3v) is 4.96. The first-order valence-electron chi connectivity index (χ1n) is 9.10. The molecule has 8 nitrogen and oxygen atoms in total. The molecule has 1 aliphatic heterocycles. The monoisotopic (exact) mass is 391 g/mol. The number of nitrogens with zero attached hydrogens (tertiary/aromatic N) is 2. The van der Waals surface area contributed by atoms with Crippen LogP contribution in [0.1, 0.15) is 39.0 Å². The van der Waals surface area contributed by atoms with E-state index in [1.54, 1.807) is 9.48 Å². The van der Waals surface area contributed by atoms with Gasteiger partial charge < -0.3 is 10.2 Å². The van der Waals surface area contributed by atoms with Gasteiger partial charge >= 0.3 is 5.84 Å². The smallest absolute Gasteiger partial charge is 0.320 e. The third kappa shape index (κ3) is 8.39. The van der Waals surface area contributed by atoms with Crippen molar-refractivity contribution in [3.8, 4) is 0 Å². The molecule has 1 heterocycles. The number of aliphatic hydroxyl groups excluding tert-OH is 2. The van der Waals surface area contributed by atoms with Crippen LogP contribution >= 0.6 is 0 Å². The number of ketones is 1. The number of amidine groups is 1. The molecule has 3 N–H and O–H groups in total. The molecule has 0 saturated heterocycles. The Hall–Kier alpha value is -1.29. The van der Waals surface area contributed by atoms with Crippen LogP contribution in [0.5, 0.6) is 0 Å². The zero-order valence-electron chi connectivity index (χ0n) is 15.4. The predicted octanol–water partition coefficient (Wildman–Crippen LogP) is 0.0497. The van der Waals surface area contributed by atoms with E-state index in [1.165, 1.54) is 12.5 Å². The number of unbranched alkanes of at least 4 members (excludes halogenated alkanes) is 4. The minimum Gasteiger partial charge on any atom is -0.392 e. The molecule has 1 aliphatic rings. The molecule has 0 bridgehead atoms. The van der Waals surface area contributed by atoms with E-state index in [-0.39, 0.29) is 25.5 Å².